The average molecular weight is 331 g/mol. The van der Waals surface area contributed by atoms with Gasteiger partial charge in [0.05, 0.1) is 0 Å². The number of carbonyl (C=O) groups is 2. The summed E-state index contributed by atoms with van der Waals surface area (Å²) in [4.78, 5) is 27.2. The van der Waals surface area contributed by atoms with Gasteiger partial charge in [-0.05, 0) is 57.5 Å². The van der Waals surface area contributed by atoms with Crippen molar-refractivity contribution in [1.82, 2.24) is 10.2 Å². The number of hydrogen-bond donors (Lipinski definition) is 2. The Hall–Kier alpha value is -1.88. The minimum Gasteiger partial charge on any atom is -0.355 e. The minimum absolute atomic E-state index is 0.138. The minimum atomic E-state index is -0.873. The predicted octanol–water partition coefficient (Wildman–Crippen LogP) is 2.60. The molecule has 1 aromatic carbocycles. The normalized spacial score (nSPS) is 15.4. The summed E-state index contributed by atoms with van der Waals surface area (Å²) in [7, 11) is 4.01. The van der Waals surface area contributed by atoms with Gasteiger partial charge in [-0.1, -0.05) is 32.0 Å². The standard InChI is InChI=1S/C19H29N3O2/c1-14(2)15-8-5-6-9-16(15)21-18(24)19(10-11-19)17(23)20-12-7-13-22(3)4/h5-6,8-9,14H,7,10-13H2,1-4H3,(H,20,23)(H,21,24). The molecule has 2 N–H and O–H groups in total. The molecule has 0 radical (unpaired) electrons. The summed E-state index contributed by atoms with van der Waals surface area (Å²) in [6.45, 7) is 5.71. The lowest BCUT2D eigenvalue weighted by atomic mass is 9.99. The number of nitrogens with one attached hydrogen (secondary N) is 2. The van der Waals surface area contributed by atoms with Crippen molar-refractivity contribution < 1.29 is 9.59 Å². The molecule has 5 nitrogen and oxygen atoms in total. The van der Waals surface area contributed by atoms with Crippen molar-refractivity contribution in [3.05, 3.63) is 29.8 Å². The van der Waals surface area contributed by atoms with E-state index in [4.69, 9.17) is 0 Å². The highest BCUT2D eigenvalue weighted by Gasteiger charge is 2.56. The summed E-state index contributed by atoms with van der Waals surface area (Å²) in [5.74, 6) is -0.00185. The summed E-state index contributed by atoms with van der Waals surface area (Å²) in [5, 5.41) is 5.89. The van der Waals surface area contributed by atoms with E-state index in [2.05, 4.69) is 29.4 Å². The van der Waals surface area contributed by atoms with Crippen LogP contribution in [0.4, 0.5) is 5.69 Å². The largest absolute Gasteiger partial charge is 0.355 e. The number of rotatable bonds is 8. The first-order valence-electron chi connectivity index (χ1n) is 8.70. The molecular formula is C19H29N3O2. The number of hydrogen-bond acceptors (Lipinski definition) is 3. The van der Waals surface area contributed by atoms with Crippen LogP contribution in [0.3, 0.4) is 0 Å². The van der Waals surface area contributed by atoms with Crippen LogP contribution in [-0.4, -0.2) is 43.9 Å². The fourth-order valence-corrected chi connectivity index (χ4v) is 2.80. The van der Waals surface area contributed by atoms with Gasteiger partial charge in [0.2, 0.25) is 11.8 Å². The van der Waals surface area contributed by atoms with E-state index in [1.165, 1.54) is 0 Å². The highest BCUT2D eigenvalue weighted by atomic mass is 16.2. The van der Waals surface area contributed by atoms with Crippen LogP contribution in [-0.2, 0) is 9.59 Å². The molecule has 0 aromatic heterocycles. The summed E-state index contributed by atoms with van der Waals surface area (Å²) >= 11 is 0. The fraction of sp³-hybridized carbons (Fsp3) is 0.579. The van der Waals surface area contributed by atoms with E-state index >= 15 is 0 Å². The summed E-state index contributed by atoms with van der Waals surface area (Å²) in [6, 6.07) is 7.79. The zero-order chi connectivity index (χ0) is 17.7. The van der Waals surface area contributed by atoms with E-state index in [9.17, 15) is 9.59 Å². The maximum Gasteiger partial charge on any atom is 0.240 e. The molecular weight excluding hydrogens is 302 g/mol. The predicted molar refractivity (Wildman–Crippen MR) is 97.0 cm³/mol. The molecule has 1 aliphatic carbocycles. The number of benzene rings is 1. The Morgan fingerprint density at radius 3 is 2.42 bits per heavy atom. The lowest BCUT2D eigenvalue weighted by Crippen LogP contribution is -2.40. The molecule has 1 aromatic rings. The molecule has 0 bridgehead atoms. The molecule has 5 heteroatoms. The third-order valence-electron chi connectivity index (χ3n) is 4.52. The maximum atomic E-state index is 12.7. The lowest BCUT2D eigenvalue weighted by molar-refractivity contribution is -0.134. The van der Waals surface area contributed by atoms with Crippen LogP contribution in [0.1, 0.15) is 44.6 Å². The van der Waals surface area contributed by atoms with Crippen molar-refractivity contribution >= 4 is 17.5 Å². The van der Waals surface area contributed by atoms with Crippen LogP contribution < -0.4 is 10.6 Å². The molecule has 0 spiro atoms. The number of amides is 2. The number of anilines is 1. The first-order valence-corrected chi connectivity index (χ1v) is 8.70. The Bertz CT molecular complexity index is 592. The third kappa shape index (κ3) is 4.35. The van der Waals surface area contributed by atoms with Gasteiger partial charge in [0.1, 0.15) is 5.41 Å². The first-order chi connectivity index (χ1) is 11.4. The Labute approximate surface area is 144 Å². The van der Waals surface area contributed by atoms with Crippen LogP contribution in [0.5, 0.6) is 0 Å². The van der Waals surface area contributed by atoms with Gasteiger partial charge in [0.25, 0.3) is 0 Å². The second-order valence-corrected chi connectivity index (χ2v) is 7.19. The molecule has 0 heterocycles. The highest BCUT2D eigenvalue weighted by Crippen LogP contribution is 2.47. The summed E-state index contributed by atoms with van der Waals surface area (Å²) in [6.07, 6.45) is 2.14. The summed E-state index contributed by atoms with van der Waals surface area (Å²) < 4.78 is 0. The van der Waals surface area contributed by atoms with Crippen LogP contribution in [0.25, 0.3) is 0 Å². The molecule has 0 unspecified atom stereocenters. The van der Waals surface area contributed by atoms with Crippen LogP contribution in [0.15, 0.2) is 24.3 Å². The Morgan fingerprint density at radius 1 is 1.17 bits per heavy atom. The van der Waals surface area contributed by atoms with Gasteiger partial charge in [-0.15, -0.1) is 0 Å². The van der Waals surface area contributed by atoms with E-state index in [0.717, 1.165) is 24.2 Å². The van der Waals surface area contributed by atoms with Crippen molar-refractivity contribution in [1.29, 1.82) is 0 Å². The number of para-hydroxylation sites is 1. The van der Waals surface area contributed by atoms with Crippen LogP contribution >= 0.6 is 0 Å². The van der Waals surface area contributed by atoms with Gasteiger partial charge >= 0.3 is 0 Å². The molecule has 1 fully saturated rings. The molecule has 0 saturated heterocycles. The zero-order valence-corrected chi connectivity index (χ0v) is 15.2. The first kappa shape index (κ1) is 18.5. The van der Waals surface area contributed by atoms with Gasteiger partial charge in [0.15, 0.2) is 0 Å². The van der Waals surface area contributed by atoms with Crippen molar-refractivity contribution in [2.75, 3.05) is 32.5 Å². The quantitative estimate of drug-likeness (QED) is 0.568. The van der Waals surface area contributed by atoms with Crippen LogP contribution in [0.2, 0.25) is 0 Å². The molecule has 1 saturated carbocycles. The molecule has 2 amide bonds. The van der Waals surface area contributed by atoms with Gasteiger partial charge in [-0.2, -0.15) is 0 Å². The monoisotopic (exact) mass is 331 g/mol. The molecule has 0 atom stereocenters. The molecule has 24 heavy (non-hydrogen) atoms. The number of nitrogens with zero attached hydrogens (tertiary/aromatic N) is 1. The van der Waals surface area contributed by atoms with E-state index < -0.39 is 5.41 Å². The highest BCUT2D eigenvalue weighted by molar-refractivity contribution is 6.13. The van der Waals surface area contributed by atoms with E-state index in [-0.39, 0.29) is 11.8 Å². The van der Waals surface area contributed by atoms with Crippen molar-refractivity contribution in [2.45, 2.75) is 39.0 Å². The third-order valence-corrected chi connectivity index (χ3v) is 4.52. The molecule has 1 aliphatic rings. The second kappa shape index (κ2) is 7.79. The summed E-state index contributed by atoms with van der Waals surface area (Å²) in [5.41, 5.74) is 1.03. The molecule has 2 rings (SSSR count). The van der Waals surface area contributed by atoms with E-state index in [0.29, 0.717) is 25.3 Å². The fourth-order valence-electron chi connectivity index (χ4n) is 2.80. The Kier molecular flexibility index (Phi) is 5.99. The maximum absolute atomic E-state index is 12.7. The average Bonchev–Trinajstić information content (AvgIpc) is 3.33. The topological polar surface area (TPSA) is 61.4 Å². The van der Waals surface area contributed by atoms with E-state index in [1.54, 1.807) is 0 Å². The second-order valence-electron chi connectivity index (χ2n) is 7.19. The smallest absolute Gasteiger partial charge is 0.240 e. The lowest BCUT2D eigenvalue weighted by Gasteiger charge is -2.18. The van der Waals surface area contributed by atoms with Crippen molar-refractivity contribution in [2.24, 2.45) is 5.41 Å². The number of carbonyl (C=O) groups excluding carboxylic acids is 2. The zero-order valence-electron chi connectivity index (χ0n) is 15.2. The van der Waals surface area contributed by atoms with E-state index in [1.807, 2.05) is 38.4 Å². The van der Waals surface area contributed by atoms with Gasteiger partial charge in [-0.3, -0.25) is 9.59 Å². The Morgan fingerprint density at radius 2 is 1.83 bits per heavy atom. The molecule has 132 valence electrons. The van der Waals surface area contributed by atoms with Crippen molar-refractivity contribution in [3.8, 4) is 0 Å². The van der Waals surface area contributed by atoms with Gasteiger partial charge in [0, 0.05) is 12.2 Å². The van der Waals surface area contributed by atoms with Gasteiger partial charge in [-0.25, -0.2) is 0 Å². The Balaban J connectivity index is 1.95. The molecule has 0 aliphatic heterocycles. The SMILES string of the molecule is CC(C)c1ccccc1NC(=O)C1(C(=O)NCCCN(C)C)CC1. The van der Waals surface area contributed by atoms with Crippen LogP contribution in [0, 0.1) is 5.41 Å². The van der Waals surface area contributed by atoms with Gasteiger partial charge < -0.3 is 15.5 Å². The van der Waals surface area contributed by atoms with Crippen molar-refractivity contribution in [3.63, 3.8) is 0 Å².